The van der Waals surface area contributed by atoms with E-state index in [1.165, 1.54) is 25.7 Å². The number of anilines is 1. The molecule has 2 aromatic carbocycles. The number of aromatic nitrogens is 1. The van der Waals surface area contributed by atoms with Crippen LogP contribution in [0.5, 0.6) is 11.5 Å². The van der Waals surface area contributed by atoms with Gasteiger partial charge in [0.1, 0.15) is 11.5 Å². The summed E-state index contributed by atoms with van der Waals surface area (Å²) in [7, 11) is 1.99. The van der Waals surface area contributed by atoms with E-state index in [-0.39, 0.29) is 5.91 Å². The van der Waals surface area contributed by atoms with Gasteiger partial charge in [0.2, 0.25) is 5.91 Å². The highest BCUT2D eigenvalue weighted by Crippen LogP contribution is 2.23. The van der Waals surface area contributed by atoms with Gasteiger partial charge in [0.05, 0.1) is 12.5 Å². The molecule has 0 saturated heterocycles. The van der Waals surface area contributed by atoms with Crippen LogP contribution in [0.15, 0.2) is 65.0 Å². The summed E-state index contributed by atoms with van der Waals surface area (Å²) in [6, 6.07) is 17.5. The van der Waals surface area contributed by atoms with Crippen LogP contribution in [0.4, 0.5) is 5.69 Å². The number of benzene rings is 2. The summed E-state index contributed by atoms with van der Waals surface area (Å²) in [5.41, 5.74) is 1.73. The molecule has 0 aliphatic heterocycles. The van der Waals surface area contributed by atoms with E-state index in [4.69, 9.17) is 9.73 Å². The number of ether oxygens (including phenoxy) is 1. The van der Waals surface area contributed by atoms with Crippen LogP contribution in [0.3, 0.4) is 0 Å². The quantitative estimate of drug-likeness (QED) is 0.632. The van der Waals surface area contributed by atoms with E-state index in [1.54, 1.807) is 11.3 Å². The molecule has 150 valence electrons. The van der Waals surface area contributed by atoms with E-state index >= 15 is 0 Å². The number of para-hydroxylation sites is 1. The average Bonchev–Trinajstić information content (AvgIpc) is 3.36. The number of nitrogens with zero attached hydrogens (tertiary/aromatic N) is 2. The molecule has 29 heavy (non-hydrogen) atoms. The molecule has 0 bridgehead atoms. The molecule has 1 amide bonds. The number of amides is 1. The van der Waals surface area contributed by atoms with Crippen LogP contribution in [0.25, 0.3) is 0 Å². The van der Waals surface area contributed by atoms with Gasteiger partial charge in [-0.1, -0.05) is 31.0 Å². The van der Waals surface area contributed by atoms with Gasteiger partial charge in [0, 0.05) is 23.8 Å². The first-order valence-corrected chi connectivity index (χ1v) is 10.9. The average molecular weight is 408 g/mol. The van der Waals surface area contributed by atoms with Crippen LogP contribution in [-0.2, 0) is 18.3 Å². The fraction of sp³-hybridized carbons (Fsp3) is 0.304. The monoisotopic (exact) mass is 407 g/mol. The Morgan fingerprint density at radius 3 is 2.52 bits per heavy atom. The van der Waals surface area contributed by atoms with Gasteiger partial charge in [-0.25, -0.2) is 0 Å². The highest BCUT2D eigenvalue weighted by Gasteiger charge is 2.14. The molecule has 0 atom stereocenters. The highest BCUT2D eigenvalue weighted by molar-refractivity contribution is 7.07. The van der Waals surface area contributed by atoms with Gasteiger partial charge in [-0.05, 0) is 49.2 Å². The number of rotatable bonds is 6. The van der Waals surface area contributed by atoms with Crippen molar-refractivity contribution >= 4 is 22.9 Å². The lowest BCUT2D eigenvalue weighted by Gasteiger charge is -2.08. The third-order valence-corrected chi connectivity index (χ3v) is 6.07. The molecule has 1 saturated carbocycles. The summed E-state index contributed by atoms with van der Waals surface area (Å²) < 4.78 is 7.82. The molecule has 4 rings (SSSR count). The molecular formula is C23H25N3O2S. The summed E-state index contributed by atoms with van der Waals surface area (Å²) in [5, 5.41) is 4.99. The van der Waals surface area contributed by atoms with Crippen molar-refractivity contribution in [3.8, 4) is 11.5 Å². The third-order valence-electron chi connectivity index (χ3n) is 5.09. The molecule has 3 aromatic rings. The SMILES string of the molecule is Cn1c(CC(=O)Nc2ccc(Oc3ccccc3)cc2)csc1=NC1CCCC1. The fourth-order valence-electron chi connectivity index (χ4n) is 3.47. The minimum Gasteiger partial charge on any atom is -0.457 e. The zero-order valence-corrected chi connectivity index (χ0v) is 17.3. The molecule has 1 aliphatic rings. The van der Waals surface area contributed by atoms with E-state index in [9.17, 15) is 4.79 Å². The topological polar surface area (TPSA) is 55.6 Å². The lowest BCUT2D eigenvalue weighted by molar-refractivity contribution is -0.115. The van der Waals surface area contributed by atoms with Gasteiger partial charge in [-0.2, -0.15) is 0 Å². The maximum atomic E-state index is 12.5. The molecule has 0 unspecified atom stereocenters. The minimum absolute atomic E-state index is 0.0393. The second-order valence-electron chi connectivity index (χ2n) is 7.30. The van der Waals surface area contributed by atoms with Crippen molar-refractivity contribution < 1.29 is 9.53 Å². The van der Waals surface area contributed by atoms with Gasteiger partial charge >= 0.3 is 0 Å². The van der Waals surface area contributed by atoms with Gasteiger partial charge in [0.15, 0.2) is 4.80 Å². The Morgan fingerprint density at radius 2 is 1.79 bits per heavy atom. The lowest BCUT2D eigenvalue weighted by Crippen LogP contribution is -2.20. The van der Waals surface area contributed by atoms with Crippen molar-refractivity contribution in [2.45, 2.75) is 38.1 Å². The lowest BCUT2D eigenvalue weighted by atomic mass is 10.2. The maximum absolute atomic E-state index is 12.5. The Balaban J connectivity index is 1.35. The molecule has 1 aromatic heterocycles. The first-order chi connectivity index (χ1) is 14.2. The summed E-state index contributed by atoms with van der Waals surface area (Å²) in [5.74, 6) is 1.48. The van der Waals surface area contributed by atoms with Gasteiger partial charge in [0.25, 0.3) is 0 Å². The van der Waals surface area contributed by atoms with Crippen LogP contribution in [0, 0.1) is 0 Å². The van der Waals surface area contributed by atoms with Crippen LogP contribution >= 0.6 is 11.3 Å². The molecule has 5 nitrogen and oxygen atoms in total. The molecular weight excluding hydrogens is 382 g/mol. The smallest absolute Gasteiger partial charge is 0.230 e. The van der Waals surface area contributed by atoms with Gasteiger partial charge in [-0.15, -0.1) is 11.3 Å². The number of thiazole rings is 1. The van der Waals surface area contributed by atoms with Gasteiger partial charge in [-0.3, -0.25) is 9.79 Å². The van der Waals surface area contributed by atoms with Crippen molar-refractivity contribution in [1.82, 2.24) is 4.57 Å². The first-order valence-electron chi connectivity index (χ1n) is 9.97. The summed E-state index contributed by atoms with van der Waals surface area (Å²) >= 11 is 1.61. The Morgan fingerprint density at radius 1 is 1.10 bits per heavy atom. The molecule has 1 aliphatic carbocycles. The Hall–Kier alpha value is -2.86. The maximum Gasteiger partial charge on any atom is 0.230 e. The normalized spacial score (nSPS) is 14.9. The van der Waals surface area contributed by atoms with E-state index < -0.39 is 0 Å². The molecule has 1 fully saturated rings. The highest BCUT2D eigenvalue weighted by atomic mass is 32.1. The largest absolute Gasteiger partial charge is 0.457 e. The van der Waals surface area contributed by atoms with Crippen LogP contribution in [-0.4, -0.2) is 16.5 Å². The zero-order valence-electron chi connectivity index (χ0n) is 16.5. The fourth-order valence-corrected chi connectivity index (χ4v) is 4.44. The summed E-state index contributed by atoms with van der Waals surface area (Å²) in [6.07, 6.45) is 5.23. The van der Waals surface area contributed by atoms with E-state index in [1.807, 2.05) is 71.6 Å². The number of hydrogen-bond donors (Lipinski definition) is 1. The number of nitrogens with one attached hydrogen (secondary N) is 1. The van der Waals surface area contributed by atoms with Crippen LogP contribution < -0.4 is 14.9 Å². The van der Waals surface area contributed by atoms with Crippen molar-refractivity contribution in [3.05, 3.63) is 70.5 Å². The van der Waals surface area contributed by atoms with Crippen molar-refractivity contribution in [3.63, 3.8) is 0 Å². The van der Waals surface area contributed by atoms with Crippen LogP contribution in [0.1, 0.15) is 31.4 Å². The molecule has 1 heterocycles. The van der Waals surface area contributed by atoms with Gasteiger partial charge < -0.3 is 14.6 Å². The Labute approximate surface area is 174 Å². The van der Waals surface area contributed by atoms with E-state index in [0.29, 0.717) is 12.5 Å². The van der Waals surface area contributed by atoms with Crippen molar-refractivity contribution in [2.24, 2.45) is 12.0 Å². The summed E-state index contributed by atoms with van der Waals surface area (Å²) in [6.45, 7) is 0. The second-order valence-corrected chi connectivity index (χ2v) is 8.14. The molecule has 1 N–H and O–H groups in total. The van der Waals surface area contributed by atoms with E-state index in [0.717, 1.165) is 27.7 Å². The number of carbonyl (C=O) groups is 1. The second kappa shape index (κ2) is 9.09. The Kier molecular flexibility index (Phi) is 6.10. The predicted molar refractivity (Wildman–Crippen MR) is 116 cm³/mol. The third kappa shape index (κ3) is 5.15. The van der Waals surface area contributed by atoms with Crippen molar-refractivity contribution in [1.29, 1.82) is 0 Å². The van der Waals surface area contributed by atoms with E-state index in [2.05, 4.69) is 5.32 Å². The number of carbonyl (C=O) groups excluding carboxylic acids is 1. The predicted octanol–water partition coefficient (Wildman–Crippen LogP) is 4.90. The zero-order chi connectivity index (χ0) is 20.1. The number of hydrogen-bond acceptors (Lipinski definition) is 4. The minimum atomic E-state index is -0.0393. The standard InChI is InChI=1S/C23H25N3O2S/c1-26-19(16-29-23(26)25-17-7-5-6-8-17)15-22(27)24-18-11-13-21(14-12-18)28-20-9-3-2-4-10-20/h2-4,9-14,16-17H,5-8,15H2,1H3,(H,24,27). The first kappa shape index (κ1) is 19.5. The molecule has 0 radical (unpaired) electrons. The summed E-state index contributed by atoms with van der Waals surface area (Å²) in [4.78, 5) is 18.3. The van der Waals surface area contributed by atoms with Crippen molar-refractivity contribution in [2.75, 3.05) is 5.32 Å². The Bertz CT molecular complexity index is 1020. The van der Waals surface area contributed by atoms with Crippen LogP contribution in [0.2, 0.25) is 0 Å². The molecule has 0 spiro atoms. The molecule has 6 heteroatoms.